The highest BCUT2D eigenvalue weighted by molar-refractivity contribution is 6.01. The molecule has 30 heavy (non-hydrogen) atoms. The molecular formula is C25H27NO4. The van der Waals surface area contributed by atoms with Crippen LogP contribution >= 0.6 is 0 Å². The van der Waals surface area contributed by atoms with Crippen molar-refractivity contribution in [3.63, 3.8) is 0 Å². The van der Waals surface area contributed by atoms with Crippen LogP contribution in [0.1, 0.15) is 40.7 Å². The van der Waals surface area contributed by atoms with Crippen molar-refractivity contribution in [3.05, 3.63) is 65.2 Å². The smallest absolute Gasteiger partial charge is 0.310 e. The molecule has 0 heterocycles. The average molecular weight is 405 g/mol. The quantitative estimate of drug-likeness (QED) is 0.573. The van der Waals surface area contributed by atoms with Crippen molar-refractivity contribution >= 4 is 23.3 Å². The van der Waals surface area contributed by atoms with Crippen LogP contribution in [-0.4, -0.2) is 24.3 Å². The summed E-state index contributed by atoms with van der Waals surface area (Å²) in [6.07, 6.45) is 2.81. The van der Waals surface area contributed by atoms with Gasteiger partial charge in [-0.25, -0.2) is 0 Å². The summed E-state index contributed by atoms with van der Waals surface area (Å²) in [7, 11) is 0. The van der Waals surface area contributed by atoms with E-state index < -0.39 is 11.9 Å². The van der Waals surface area contributed by atoms with Crippen LogP contribution in [0.25, 0.3) is 0 Å². The summed E-state index contributed by atoms with van der Waals surface area (Å²) in [5.41, 5.74) is 3.30. The lowest BCUT2D eigenvalue weighted by atomic mass is 9.75. The number of Topliss-reactive ketones (excluding diaryl/α,β-unsaturated/α-hetero) is 1. The normalized spacial score (nSPS) is 24.5. The molecule has 2 aliphatic carbocycles. The van der Waals surface area contributed by atoms with Gasteiger partial charge in [0.05, 0.1) is 5.92 Å². The number of hydrogen-bond acceptors (Lipinski definition) is 4. The van der Waals surface area contributed by atoms with Crippen molar-refractivity contribution < 1.29 is 19.1 Å². The second-order valence-electron chi connectivity index (χ2n) is 8.54. The second-order valence-corrected chi connectivity index (χ2v) is 8.54. The van der Waals surface area contributed by atoms with Crippen molar-refractivity contribution in [3.8, 4) is 0 Å². The van der Waals surface area contributed by atoms with Gasteiger partial charge in [0.25, 0.3) is 5.91 Å². The van der Waals surface area contributed by atoms with Crippen LogP contribution in [0, 0.1) is 37.5 Å². The first-order chi connectivity index (χ1) is 14.5. The number of ether oxygens (including phenoxy) is 1. The maximum absolute atomic E-state index is 13.1. The zero-order chi connectivity index (χ0) is 21.3. The number of ketones is 1. The van der Waals surface area contributed by atoms with Gasteiger partial charge in [0.15, 0.2) is 12.4 Å². The molecule has 1 amide bonds. The number of anilines is 1. The van der Waals surface area contributed by atoms with Crippen LogP contribution in [-0.2, 0) is 14.3 Å². The minimum Gasteiger partial charge on any atom is -0.455 e. The number of hydrogen-bond donors (Lipinski definition) is 1. The van der Waals surface area contributed by atoms with Gasteiger partial charge < -0.3 is 10.1 Å². The fraction of sp³-hybridized carbons (Fsp3) is 0.400. The van der Waals surface area contributed by atoms with Crippen LogP contribution in [0.3, 0.4) is 0 Å². The number of amides is 1. The third-order valence-electron chi connectivity index (χ3n) is 6.64. The minimum absolute atomic E-state index is 0.0183. The Morgan fingerprint density at radius 2 is 1.53 bits per heavy atom. The van der Waals surface area contributed by atoms with Crippen molar-refractivity contribution in [1.29, 1.82) is 0 Å². The molecule has 0 aromatic heterocycles. The maximum Gasteiger partial charge on any atom is 0.310 e. The molecule has 0 saturated heterocycles. The summed E-state index contributed by atoms with van der Waals surface area (Å²) in [6.45, 7) is 3.50. The number of esters is 1. The van der Waals surface area contributed by atoms with E-state index in [1.165, 1.54) is 0 Å². The van der Waals surface area contributed by atoms with E-state index in [0.29, 0.717) is 5.56 Å². The summed E-state index contributed by atoms with van der Waals surface area (Å²) in [6, 6.07) is 14.9. The third-order valence-corrected chi connectivity index (χ3v) is 6.64. The second kappa shape index (κ2) is 8.42. The molecule has 2 saturated carbocycles. The molecule has 4 rings (SSSR count). The number of carbonyl (C=O) groups is 3. The van der Waals surface area contributed by atoms with Gasteiger partial charge in [-0.3, -0.25) is 14.4 Å². The molecule has 0 radical (unpaired) electrons. The highest BCUT2D eigenvalue weighted by Crippen LogP contribution is 2.53. The summed E-state index contributed by atoms with van der Waals surface area (Å²) < 4.78 is 5.41. The molecule has 2 aromatic carbocycles. The molecule has 1 N–H and O–H groups in total. The molecule has 156 valence electrons. The standard InChI is InChI=1S/C25H27NO4/c1-15-7-6-8-16(2)23(15)26-20(27)14-30-25(29)22-19-12-11-18(13-19)21(22)24(28)17-9-4-3-5-10-17/h3-10,18-19,21-22H,11-14H2,1-2H3,(H,26,27)/t18-,19-,21-,22+/m0/s1. The largest absolute Gasteiger partial charge is 0.455 e. The number of fused-ring (bicyclic) bond motifs is 2. The summed E-state index contributed by atoms with van der Waals surface area (Å²) in [4.78, 5) is 38.4. The molecule has 0 unspecified atom stereocenters. The minimum atomic E-state index is -0.454. The Kier molecular flexibility index (Phi) is 5.71. The highest BCUT2D eigenvalue weighted by Gasteiger charge is 2.54. The van der Waals surface area contributed by atoms with E-state index in [4.69, 9.17) is 4.74 Å². The zero-order valence-electron chi connectivity index (χ0n) is 17.4. The van der Waals surface area contributed by atoms with Crippen LogP contribution in [0.15, 0.2) is 48.5 Å². The first kappa shape index (κ1) is 20.3. The predicted octanol–water partition coefficient (Wildman–Crippen LogP) is 4.33. The van der Waals surface area contributed by atoms with Crippen molar-refractivity contribution in [1.82, 2.24) is 0 Å². The molecular weight excluding hydrogens is 378 g/mol. The van der Waals surface area contributed by atoms with E-state index in [0.717, 1.165) is 36.1 Å². The van der Waals surface area contributed by atoms with Crippen molar-refractivity contribution in [2.24, 2.45) is 23.7 Å². The van der Waals surface area contributed by atoms with Crippen LogP contribution in [0.5, 0.6) is 0 Å². The molecule has 5 nitrogen and oxygen atoms in total. The number of rotatable bonds is 6. The Balaban J connectivity index is 1.42. The first-order valence-electron chi connectivity index (χ1n) is 10.6. The lowest BCUT2D eigenvalue weighted by Gasteiger charge is -2.28. The van der Waals surface area contributed by atoms with Gasteiger partial charge in [-0.05, 0) is 56.1 Å². The molecule has 0 aliphatic heterocycles. The van der Waals surface area contributed by atoms with E-state index in [1.807, 2.05) is 50.2 Å². The van der Waals surface area contributed by atoms with Crippen LogP contribution < -0.4 is 5.32 Å². The Hall–Kier alpha value is -2.95. The van der Waals surface area contributed by atoms with E-state index in [2.05, 4.69) is 5.32 Å². The molecule has 2 aliphatic rings. The molecule has 2 fully saturated rings. The third kappa shape index (κ3) is 3.89. The highest BCUT2D eigenvalue weighted by atomic mass is 16.5. The maximum atomic E-state index is 13.1. The lowest BCUT2D eigenvalue weighted by Crippen LogP contribution is -2.37. The lowest BCUT2D eigenvalue weighted by molar-refractivity contribution is -0.154. The van der Waals surface area contributed by atoms with Crippen molar-refractivity contribution in [2.45, 2.75) is 33.1 Å². The number of nitrogens with one attached hydrogen (secondary N) is 1. The van der Waals surface area contributed by atoms with Gasteiger partial charge >= 0.3 is 5.97 Å². The number of benzene rings is 2. The average Bonchev–Trinajstić information content (AvgIpc) is 3.36. The first-order valence-corrected chi connectivity index (χ1v) is 10.6. The number of para-hydroxylation sites is 1. The Morgan fingerprint density at radius 1 is 0.900 bits per heavy atom. The Labute approximate surface area is 176 Å². The zero-order valence-corrected chi connectivity index (χ0v) is 17.4. The Morgan fingerprint density at radius 3 is 2.20 bits per heavy atom. The van der Waals surface area contributed by atoms with Crippen LogP contribution in [0.4, 0.5) is 5.69 Å². The molecule has 4 atom stereocenters. The summed E-state index contributed by atoms with van der Waals surface area (Å²) in [5, 5.41) is 2.84. The van der Waals surface area contributed by atoms with Crippen molar-refractivity contribution in [2.75, 3.05) is 11.9 Å². The summed E-state index contributed by atoms with van der Waals surface area (Å²) >= 11 is 0. The summed E-state index contributed by atoms with van der Waals surface area (Å²) in [5.74, 6) is -1.18. The van der Waals surface area contributed by atoms with Gasteiger partial charge in [-0.1, -0.05) is 48.5 Å². The van der Waals surface area contributed by atoms with E-state index >= 15 is 0 Å². The molecule has 2 aromatic rings. The molecule has 2 bridgehead atoms. The fourth-order valence-electron chi connectivity index (χ4n) is 5.22. The van der Waals surface area contributed by atoms with Gasteiger partial charge in [-0.15, -0.1) is 0 Å². The Bertz CT molecular complexity index is 948. The van der Waals surface area contributed by atoms with Gasteiger partial charge in [0.2, 0.25) is 0 Å². The number of aryl methyl sites for hydroxylation is 2. The van der Waals surface area contributed by atoms with Crippen LogP contribution in [0.2, 0.25) is 0 Å². The van der Waals surface area contributed by atoms with E-state index in [9.17, 15) is 14.4 Å². The topological polar surface area (TPSA) is 72.5 Å². The monoisotopic (exact) mass is 405 g/mol. The fourth-order valence-corrected chi connectivity index (χ4v) is 5.22. The van der Waals surface area contributed by atoms with Gasteiger partial charge in [0.1, 0.15) is 0 Å². The van der Waals surface area contributed by atoms with E-state index in [1.54, 1.807) is 12.1 Å². The van der Waals surface area contributed by atoms with Gasteiger partial charge in [0, 0.05) is 17.2 Å². The SMILES string of the molecule is Cc1cccc(C)c1NC(=O)COC(=O)[C@@H]1[C@H]2CC[C@@H](C2)[C@@H]1C(=O)c1ccccc1. The molecule has 5 heteroatoms. The van der Waals surface area contributed by atoms with E-state index in [-0.39, 0.29) is 36.1 Å². The molecule has 0 spiro atoms. The van der Waals surface area contributed by atoms with Gasteiger partial charge in [-0.2, -0.15) is 0 Å². The predicted molar refractivity (Wildman–Crippen MR) is 114 cm³/mol. The number of carbonyl (C=O) groups excluding carboxylic acids is 3.